The van der Waals surface area contributed by atoms with Gasteiger partial charge < -0.3 is 4.57 Å². The van der Waals surface area contributed by atoms with Crippen molar-refractivity contribution in [3.8, 4) is 24.2 Å². The zero-order valence-electron chi connectivity index (χ0n) is 25.1. The summed E-state index contributed by atoms with van der Waals surface area (Å²) in [4.78, 5) is 5.17. The Morgan fingerprint density at radius 2 is 1.84 bits per heavy atom. The number of nitrogens with zero attached hydrogens (tertiary/aromatic N) is 4. The third-order valence-corrected chi connectivity index (χ3v) is 8.29. The minimum absolute atomic E-state index is 0.472. The number of hydrogen-bond acceptors (Lipinski definition) is 2. The number of para-hydroxylation sites is 1. The van der Waals surface area contributed by atoms with Gasteiger partial charge in [0.1, 0.15) is 5.82 Å². The Morgan fingerprint density at radius 3 is 2.53 bits per heavy atom. The van der Waals surface area contributed by atoms with Crippen LogP contribution in [0, 0.1) is 29.1 Å². The van der Waals surface area contributed by atoms with E-state index in [4.69, 9.17) is 11.4 Å². The highest BCUT2D eigenvalue weighted by atomic mass is 15.1. The van der Waals surface area contributed by atoms with E-state index in [-0.39, 0.29) is 0 Å². The first-order valence-electron chi connectivity index (χ1n) is 14.8. The molecule has 2 aromatic carbocycles. The molecular formula is C39H34N4. The molecule has 0 spiro atoms. The molecule has 210 valence electrons. The largest absolute Gasteiger partial charge is 0.312 e. The Hall–Kier alpha value is -5.32. The lowest BCUT2D eigenvalue weighted by atomic mass is 9.83. The van der Waals surface area contributed by atoms with Crippen LogP contribution in [0.5, 0.6) is 0 Å². The van der Waals surface area contributed by atoms with Gasteiger partial charge in [0.25, 0.3) is 0 Å². The van der Waals surface area contributed by atoms with E-state index in [9.17, 15) is 5.26 Å². The predicted octanol–water partition coefficient (Wildman–Crippen LogP) is 9.65. The first kappa shape index (κ1) is 27.8. The fraction of sp³-hybridized carbons (Fsp3) is 0.179. The van der Waals surface area contributed by atoms with Crippen molar-refractivity contribution in [2.24, 2.45) is 5.41 Å². The molecule has 0 saturated carbocycles. The van der Waals surface area contributed by atoms with Gasteiger partial charge in [0.15, 0.2) is 0 Å². The Bertz CT molecular complexity index is 2140. The fourth-order valence-electron chi connectivity index (χ4n) is 6.31. The Kier molecular flexibility index (Phi) is 7.22. The van der Waals surface area contributed by atoms with Gasteiger partial charge in [-0.25, -0.2) is 4.98 Å². The first-order valence-corrected chi connectivity index (χ1v) is 14.8. The fourth-order valence-corrected chi connectivity index (χ4v) is 6.31. The lowest BCUT2D eigenvalue weighted by Gasteiger charge is -2.19. The second kappa shape index (κ2) is 11.2. The molecule has 1 atom stereocenters. The van der Waals surface area contributed by atoms with Crippen LogP contribution in [0.1, 0.15) is 51.1 Å². The van der Waals surface area contributed by atoms with E-state index in [1.807, 2.05) is 44.2 Å². The molecule has 4 nitrogen and oxygen atoms in total. The van der Waals surface area contributed by atoms with E-state index >= 15 is 0 Å². The van der Waals surface area contributed by atoms with E-state index < -0.39 is 5.41 Å². The summed E-state index contributed by atoms with van der Waals surface area (Å²) in [5.41, 5.74) is 8.19. The van der Waals surface area contributed by atoms with Gasteiger partial charge in [-0.05, 0) is 75.6 Å². The van der Waals surface area contributed by atoms with Crippen molar-refractivity contribution in [3.63, 3.8) is 0 Å². The normalized spacial score (nSPS) is 17.3. The van der Waals surface area contributed by atoms with Crippen molar-refractivity contribution in [1.29, 1.82) is 5.26 Å². The zero-order chi connectivity index (χ0) is 30.1. The second-order valence-corrected chi connectivity index (χ2v) is 11.1. The highest BCUT2D eigenvalue weighted by molar-refractivity contribution is 6.23. The van der Waals surface area contributed by atoms with Crippen LogP contribution in [-0.4, -0.2) is 14.1 Å². The Labute approximate surface area is 253 Å². The smallest absolute Gasteiger partial charge is 0.138 e. The van der Waals surface area contributed by atoms with Crippen LogP contribution >= 0.6 is 0 Å². The molecule has 0 N–H and O–H groups in total. The van der Waals surface area contributed by atoms with E-state index in [0.29, 0.717) is 6.42 Å². The molecule has 5 aromatic rings. The minimum Gasteiger partial charge on any atom is -0.312 e. The zero-order valence-corrected chi connectivity index (χ0v) is 25.1. The molecule has 43 heavy (non-hydrogen) atoms. The predicted molar refractivity (Wildman–Crippen MR) is 182 cm³/mol. The summed E-state index contributed by atoms with van der Waals surface area (Å²) in [6.07, 6.45) is 23.7. The molecular weight excluding hydrogens is 524 g/mol. The van der Waals surface area contributed by atoms with Crippen LogP contribution < -0.4 is 0 Å². The van der Waals surface area contributed by atoms with E-state index in [1.54, 1.807) is 0 Å². The SMILES string of the molecule is C#C/C=C(\C=C/C)n1c(CC)c(/C=C\C)c2c3c4ccccc4n(-c4cccc(C5=CCC(C)(C#N)C=C5)n4)c3ccc21. The molecule has 1 aliphatic rings. The third kappa shape index (κ3) is 4.53. The molecule has 0 bridgehead atoms. The summed E-state index contributed by atoms with van der Waals surface area (Å²) >= 11 is 0. The van der Waals surface area contributed by atoms with Crippen LogP contribution in [0.25, 0.3) is 55.9 Å². The second-order valence-electron chi connectivity index (χ2n) is 11.1. The molecule has 6 rings (SSSR count). The maximum absolute atomic E-state index is 9.55. The minimum atomic E-state index is -0.472. The average Bonchev–Trinajstić information content (AvgIpc) is 3.54. The summed E-state index contributed by atoms with van der Waals surface area (Å²) in [7, 11) is 0. The van der Waals surface area contributed by atoms with Gasteiger partial charge in [-0.1, -0.05) is 73.6 Å². The number of hydrogen-bond donors (Lipinski definition) is 0. The quantitative estimate of drug-likeness (QED) is 0.154. The van der Waals surface area contributed by atoms with Crippen LogP contribution in [0.3, 0.4) is 0 Å². The van der Waals surface area contributed by atoms with Gasteiger partial charge in [-0.15, -0.1) is 6.42 Å². The van der Waals surface area contributed by atoms with Crippen molar-refractivity contribution in [3.05, 3.63) is 114 Å². The van der Waals surface area contributed by atoms with Crippen molar-refractivity contribution in [1.82, 2.24) is 14.1 Å². The van der Waals surface area contributed by atoms with E-state index in [2.05, 4.69) is 108 Å². The number of terminal acetylenes is 1. The maximum Gasteiger partial charge on any atom is 0.138 e. The molecule has 0 fully saturated rings. The molecule has 0 saturated heterocycles. The highest BCUT2D eigenvalue weighted by Gasteiger charge is 2.24. The number of aromatic nitrogens is 3. The number of rotatable bonds is 6. The number of benzene rings is 2. The monoisotopic (exact) mass is 558 g/mol. The van der Waals surface area contributed by atoms with Gasteiger partial charge in [-0.2, -0.15) is 5.26 Å². The standard InChI is InChI=1S/C39H34N4/c1-6-13-28(14-7-2)42-32(9-4)29(15-8-3)37-34(42)20-21-35-38(37)30-16-10-11-18-33(30)43(35)36-19-12-17-31(41-36)27-22-24-39(5,26-40)25-23-27/h1,7-8,10-24H,9,25H2,2-5H3/b14-7-,15-8-,28-13+. The number of pyridine rings is 1. The number of fused-ring (bicyclic) bond motifs is 5. The van der Waals surface area contributed by atoms with E-state index in [0.717, 1.165) is 45.8 Å². The molecule has 0 radical (unpaired) electrons. The van der Waals surface area contributed by atoms with Crippen molar-refractivity contribution >= 4 is 50.1 Å². The third-order valence-electron chi connectivity index (χ3n) is 8.29. The molecule has 1 unspecified atom stereocenters. The lowest BCUT2D eigenvalue weighted by molar-refractivity contribution is 0.574. The molecule has 3 heterocycles. The Morgan fingerprint density at radius 1 is 1.02 bits per heavy atom. The number of nitriles is 1. The molecule has 0 aliphatic heterocycles. The van der Waals surface area contributed by atoms with Crippen LogP contribution in [0.4, 0.5) is 0 Å². The molecule has 1 aliphatic carbocycles. The van der Waals surface area contributed by atoms with Gasteiger partial charge >= 0.3 is 0 Å². The van der Waals surface area contributed by atoms with Gasteiger partial charge in [0, 0.05) is 33.5 Å². The van der Waals surface area contributed by atoms with Crippen molar-refractivity contribution in [2.75, 3.05) is 0 Å². The number of allylic oxidation sites excluding steroid dienone is 9. The van der Waals surface area contributed by atoms with Gasteiger partial charge in [0.05, 0.1) is 39.4 Å². The van der Waals surface area contributed by atoms with Crippen molar-refractivity contribution in [2.45, 2.75) is 40.5 Å². The summed E-state index contributed by atoms with van der Waals surface area (Å²) in [6.45, 7) is 8.24. The summed E-state index contributed by atoms with van der Waals surface area (Å²) in [6, 6.07) is 21.6. The maximum atomic E-state index is 9.55. The average molecular weight is 559 g/mol. The summed E-state index contributed by atoms with van der Waals surface area (Å²) < 4.78 is 4.58. The summed E-state index contributed by atoms with van der Waals surface area (Å²) in [5.74, 6) is 3.61. The molecule has 0 amide bonds. The molecule has 3 aromatic heterocycles. The van der Waals surface area contributed by atoms with Crippen LogP contribution in [-0.2, 0) is 6.42 Å². The van der Waals surface area contributed by atoms with Gasteiger partial charge in [-0.3, -0.25) is 4.57 Å². The van der Waals surface area contributed by atoms with Crippen LogP contribution in [0.2, 0.25) is 0 Å². The lowest BCUT2D eigenvalue weighted by Crippen LogP contribution is -2.11. The summed E-state index contributed by atoms with van der Waals surface area (Å²) in [5, 5.41) is 13.1. The Balaban J connectivity index is 1.68. The van der Waals surface area contributed by atoms with Crippen LogP contribution in [0.15, 0.2) is 97.1 Å². The van der Waals surface area contributed by atoms with E-state index in [1.165, 1.54) is 27.4 Å². The topological polar surface area (TPSA) is 46.5 Å². The van der Waals surface area contributed by atoms with Crippen molar-refractivity contribution < 1.29 is 0 Å². The molecule has 4 heteroatoms. The van der Waals surface area contributed by atoms with Gasteiger partial charge in [0.2, 0.25) is 0 Å². The highest BCUT2D eigenvalue weighted by Crippen LogP contribution is 2.42. The first-order chi connectivity index (χ1) is 21.0.